The number of rotatable bonds is 4. The Bertz CT molecular complexity index is 474. The number of nitrogens with zero attached hydrogens (tertiary/aromatic N) is 1. The van der Waals surface area contributed by atoms with Gasteiger partial charge in [-0.25, -0.2) is 0 Å². The zero-order valence-corrected chi connectivity index (χ0v) is 11.2. The minimum Gasteiger partial charge on any atom is -0.321 e. The van der Waals surface area contributed by atoms with E-state index in [2.05, 4.69) is 5.32 Å². The molecule has 0 bridgehead atoms. The van der Waals surface area contributed by atoms with Gasteiger partial charge in [-0.3, -0.25) is 14.9 Å². The largest absolute Gasteiger partial charge is 0.321 e. The van der Waals surface area contributed by atoms with Crippen LogP contribution in [0, 0.1) is 16.0 Å². The van der Waals surface area contributed by atoms with E-state index in [1.165, 1.54) is 19.1 Å². The predicted molar refractivity (Wildman–Crippen MR) is 70.8 cm³/mol. The van der Waals surface area contributed by atoms with Crippen LogP contribution in [0.3, 0.4) is 0 Å². The van der Waals surface area contributed by atoms with Crippen molar-refractivity contribution in [1.29, 1.82) is 0 Å². The van der Waals surface area contributed by atoms with Crippen LogP contribution in [0.5, 0.6) is 0 Å². The van der Waals surface area contributed by atoms with E-state index in [1.54, 1.807) is 6.07 Å². The van der Waals surface area contributed by atoms with E-state index < -0.39 is 4.92 Å². The quantitative estimate of drug-likeness (QED) is 0.517. The van der Waals surface area contributed by atoms with Gasteiger partial charge >= 0.3 is 0 Å². The Morgan fingerprint density at radius 3 is 2.50 bits per heavy atom. The first-order valence-corrected chi connectivity index (χ1v) is 5.96. The van der Waals surface area contributed by atoms with Crippen LogP contribution in [0.25, 0.3) is 0 Å². The molecule has 1 N–H and O–H groups in total. The molecule has 0 heterocycles. The summed E-state index contributed by atoms with van der Waals surface area (Å²) >= 11 is 6.17. The second-order valence-corrected chi connectivity index (χ2v) is 4.83. The highest BCUT2D eigenvalue weighted by molar-refractivity contribution is 6.21. The van der Waals surface area contributed by atoms with Crippen LogP contribution in [0.15, 0.2) is 18.2 Å². The molecule has 1 aromatic carbocycles. The number of amides is 1. The Morgan fingerprint density at radius 2 is 2.06 bits per heavy atom. The summed E-state index contributed by atoms with van der Waals surface area (Å²) in [6, 6.07) is 4.60. The molecule has 98 valence electrons. The molecule has 0 aliphatic carbocycles. The molecule has 1 aromatic rings. The Kier molecular flexibility index (Phi) is 4.67. The Morgan fingerprint density at radius 1 is 1.44 bits per heavy atom. The highest BCUT2D eigenvalue weighted by Gasteiger charge is 2.20. The van der Waals surface area contributed by atoms with Gasteiger partial charge in [-0.15, -0.1) is 11.6 Å². The van der Waals surface area contributed by atoms with Crippen molar-refractivity contribution >= 4 is 28.9 Å². The fourth-order valence-electron chi connectivity index (χ4n) is 1.55. The first kappa shape index (κ1) is 14.4. The lowest BCUT2D eigenvalue weighted by Gasteiger charge is -2.14. The van der Waals surface area contributed by atoms with Gasteiger partial charge in [0.1, 0.15) is 5.69 Å². The number of halogens is 1. The molecule has 5 nitrogen and oxygen atoms in total. The number of hydrogen-bond donors (Lipinski definition) is 1. The molecular formula is C12H15ClN2O3. The Labute approximate surface area is 110 Å². The summed E-state index contributed by atoms with van der Waals surface area (Å²) in [5.74, 6) is -0.185. The van der Waals surface area contributed by atoms with Crippen molar-refractivity contribution in [3.63, 3.8) is 0 Å². The molecule has 0 aliphatic rings. The number of carbonyl (C=O) groups is 1. The maximum atomic E-state index is 11.0. The molecular weight excluding hydrogens is 256 g/mol. The summed E-state index contributed by atoms with van der Waals surface area (Å²) in [5, 5.41) is 13.1. The predicted octanol–water partition coefficient (Wildman–Crippen LogP) is 3.49. The minimum absolute atomic E-state index is 0.144. The number of carbonyl (C=O) groups excluding carboxylic acids is 1. The van der Waals surface area contributed by atoms with Crippen molar-refractivity contribution in [2.45, 2.75) is 26.1 Å². The highest BCUT2D eigenvalue weighted by atomic mass is 35.5. The van der Waals surface area contributed by atoms with Crippen LogP contribution < -0.4 is 5.32 Å². The van der Waals surface area contributed by atoms with Gasteiger partial charge in [-0.1, -0.05) is 19.9 Å². The lowest BCUT2D eigenvalue weighted by atomic mass is 10.0. The number of nitro groups is 1. The maximum absolute atomic E-state index is 11.0. The van der Waals surface area contributed by atoms with Gasteiger partial charge in [0.05, 0.1) is 10.3 Å². The molecule has 6 heteroatoms. The van der Waals surface area contributed by atoms with Gasteiger partial charge in [0.25, 0.3) is 5.69 Å². The van der Waals surface area contributed by atoms with E-state index in [4.69, 9.17) is 11.6 Å². The van der Waals surface area contributed by atoms with Gasteiger partial charge in [-0.2, -0.15) is 0 Å². The first-order chi connectivity index (χ1) is 8.32. The van der Waals surface area contributed by atoms with Crippen LogP contribution in [-0.4, -0.2) is 10.8 Å². The van der Waals surface area contributed by atoms with Crippen LogP contribution in [-0.2, 0) is 4.79 Å². The minimum atomic E-state index is -0.529. The summed E-state index contributed by atoms with van der Waals surface area (Å²) in [7, 11) is 0. The van der Waals surface area contributed by atoms with Gasteiger partial charge < -0.3 is 5.32 Å². The molecule has 0 radical (unpaired) electrons. The van der Waals surface area contributed by atoms with Gasteiger partial charge in [0.15, 0.2) is 0 Å². The van der Waals surface area contributed by atoms with Crippen molar-refractivity contribution in [2.24, 2.45) is 5.92 Å². The monoisotopic (exact) mass is 270 g/mol. The number of hydrogen-bond acceptors (Lipinski definition) is 3. The second-order valence-electron chi connectivity index (χ2n) is 4.36. The smallest absolute Gasteiger partial charge is 0.293 e. The SMILES string of the molecule is CC(=O)Nc1ccc(C(Cl)C(C)C)cc1[N+](=O)[O-]. The van der Waals surface area contributed by atoms with Gasteiger partial charge in [0, 0.05) is 13.0 Å². The summed E-state index contributed by atoms with van der Waals surface area (Å²) in [4.78, 5) is 21.4. The lowest BCUT2D eigenvalue weighted by Crippen LogP contribution is -2.09. The number of benzene rings is 1. The zero-order valence-electron chi connectivity index (χ0n) is 10.4. The normalized spacial score (nSPS) is 12.3. The number of anilines is 1. The van der Waals surface area contributed by atoms with E-state index in [0.717, 1.165) is 0 Å². The summed E-state index contributed by atoms with van der Waals surface area (Å²) < 4.78 is 0. The molecule has 0 aliphatic heterocycles. The molecule has 0 saturated carbocycles. The molecule has 0 saturated heterocycles. The average Bonchev–Trinajstić information content (AvgIpc) is 2.27. The van der Waals surface area contributed by atoms with E-state index in [0.29, 0.717) is 5.56 Å². The van der Waals surface area contributed by atoms with Gasteiger partial charge in [0.2, 0.25) is 5.91 Å². The van der Waals surface area contributed by atoms with Crippen molar-refractivity contribution in [1.82, 2.24) is 0 Å². The van der Waals surface area contributed by atoms with Crippen molar-refractivity contribution < 1.29 is 9.72 Å². The third-order valence-electron chi connectivity index (χ3n) is 2.43. The number of nitro benzene ring substituents is 1. The summed E-state index contributed by atoms with van der Waals surface area (Å²) in [6.07, 6.45) is 0. The van der Waals surface area contributed by atoms with Crippen LogP contribution in [0.2, 0.25) is 0 Å². The molecule has 18 heavy (non-hydrogen) atoms. The third kappa shape index (κ3) is 3.43. The van der Waals surface area contributed by atoms with Crippen molar-refractivity contribution in [3.05, 3.63) is 33.9 Å². The van der Waals surface area contributed by atoms with Crippen molar-refractivity contribution in [2.75, 3.05) is 5.32 Å². The zero-order chi connectivity index (χ0) is 13.9. The fourth-order valence-corrected chi connectivity index (χ4v) is 1.69. The Balaban J connectivity index is 3.18. The molecule has 0 aromatic heterocycles. The molecule has 0 spiro atoms. The van der Waals surface area contributed by atoms with E-state index in [-0.39, 0.29) is 28.6 Å². The number of alkyl halides is 1. The number of nitrogens with one attached hydrogen (secondary N) is 1. The van der Waals surface area contributed by atoms with Crippen molar-refractivity contribution in [3.8, 4) is 0 Å². The lowest BCUT2D eigenvalue weighted by molar-refractivity contribution is -0.384. The van der Waals surface area contributed by atoms with E-state index in [9.17, 15) is 14.9 Å². The standard InChI is InChI=1S/C12H15ClN2O3/c1-7(2)12(13)9-4-5-10(14-8(3)16)11(6-9)15(17)18/h4-7,12H,1-3H3,(H,14,16). The van der Waals surface area contributed by atoms with Gasteiger partial charge in [-0.05, 0) is 17.5 Å². The molecule has 0 fully saturated rings. The highest BCUT2D eigenvalue weighted by Crippen LogP contribution is 2.34. The topological polar surface area (TPSA) is 72.2 Å². The molecule has 1 unspecified atom stereocenters. The van der Waals surface area contributed by atoms with E-state index in [1.807, 2.05) is 13.8 Å². The molecule has 1 rings (SSSR count). The average molecular weight is 271 g/mol. The maximum Gasteiger partial charge on any atom is 0.293 e. The third-order valence-corrected chi connectivity index (χ3v) is 3.19. The molecule has 1 amide bonds. The first-order valence-electron chi connectivity index (χ1n) is 5.53. The van der Waals surface area contributed by atoms with Crippen LogP contribution in [0.4, 0.5) is 11.4 Å². The van der Waals surface area contributed by atoms with Crippen LogP contribution in [0.1, 0.15) is 31.7 Å². The van der Waals surface area contributed by atoms with E-state index >= 15 is 0 Å². The summed E-state index contributed by atoms with van der Waals surface area (Å²) in [6.45, 7) is 5.17. The second kappa shape index (κ2) is 5.82. The fraction of sp³-hybridized carbons (Fsp3) is 0.417. The van der Waals surface area contributed by atoms with Crippen LogP contribution >= 0.6 is 11.6 Å². The Hall–Kier alpha value is -1.62. The summed E-state index contributed by atoms with van der Waals surface area (Å²) in [5.41, 5.74) is 0.713. The molecule has 1 atom stereocenters.